The van der Waals surface area contributed by atoms with Gasteiger partial charge in [0.2, 0.25) is 0 Å². The average Bonchev–Trinajstić information content (AvgIpc) is 3.50. The average molecular weight is 471 g/mol. The number of likely N-dealkylation sites (tertiary alicyclic amines) is 1. The second-order valence-corrected chi connectivity index (χ2v) is 10.7. The summed E-state index contributed by atoms with van der Waals surface area (Å²) in [5.74, 6) is 0.327. The molecule has 0 radical (unpaired) electrons. The zero-order valence-electron chi connectivity index (χ0n) is 18.3. The number of aryl methyl sites for hydroxylation is 1. The van der Waals surface area contributed by atoms with Crippen molar-refractivity contribution in [2.45, 2.75) is 30.7 Å². The van der Waals surface area contributed by atoms with Gasteiger partial charge in [0.25, 0.3) is 15.9 Å². The van der Waals surface area contributed by atoms with Crippen molar-refractivity contribution in [3.8, 4) is 5.75 Å². The van der Waals surface area contributed by atoms with E-state index < -0.39 is 10.0 Å². The van der Waals surface area contributed by atoms with Crippen LogP contribution in [-0.4, -0.2) is 39.9 Å². The van der Waals surface area contributed by atoms with Crippen molar-refractivity contribution < 1.29 is 17.9 Å². The van der Waals surface area contributed by atoms with E-state index in [0.717, 1.165) is 23.3 Å². The van der Waals surface area contributed by atoms with Crippen LogP contribution in [0.1, 0.15) is 39.7 Å². The fraction of sp³-hybridized carbons (Fsp3) is 0.292. The van der Waals surface area contributed by atoms with E-state index in [1.807, 2.05) is 23.3 Å². The molecule has 1 fully saturated rings. The number of para-hydroxylation sites is 2. The highest BCUT2D eigenvalue weighted by Crippen LogP contribution is 2.36. The molecule has 0 N–H and O–H groups in total. The van der Waals surface area contributed by atoms with E-state index in [0.29, 0.717) is 23.5 Å². The molecule has 4 rings (SSSR count). The number of anilines is 1. The molecule has 2 aromatic carbocycles. The Bertz CT molecular complexity index is 1220. The van der Waals surface area contributed by atoms with E-state index in [1.165, 1.54) is 24.5 Å². The van der Waals surface area contributed by atoms with Crippen LogP contribution in [0.15, 0.2) is 64.9 Å². The maximum Gasteiger partial charge on any atom is 0.264 e. The Morgan fingerprint density at radius 2 is 1.94 bits per heavy atom. The quantitative estimate of drug-likeness (QED) is 0.516. The zero-order valence-corrected chi connectivity index (χ0v) is 19.9. The van der Waals surface area contributed by atoms with Crippen molar-refractivity contribution in [1.82, 2.24) is 4.90 Å². The summed E-state index contributed by atoms with van der Waals surface area (Å²) in [6.45, 7) is 2.50. The lowest BCUT2D eigenvalue weighted by atomic mass is 10.1. The molecular weight excluding hydrogens is 444 g/mol. The van der Waals surface area contributed by atoms with E-state index in [2.05, 4.69) is 6.07 Å². The molecule has 168 valence electrons. The second kappa shape index (κ2) is 8.96. The molecule has 32 heavy (non-hydrogen) atoms. The van der Waals surface area contributed by atoms with Crippen LogP contribution in [0.3, 0.4) is 0 Å². The molecule has 0 aliphatic carbocycles. The van der Waals surface area contributed by atoms with Crippen LogP contribution >= 0.6 is 11.3 Å². The molecular formula is C24H26N2O4S2. The number of sulfonamides is 1. The van der Waals surface area contributed by atoms with Crippen molar-refractivity contribution >= 4 is 33.0 Å². The Morgan fingerprint density at radius 1 is 1.16 bits per heavy atom. The van der Waals surface area contributed by atoms with Crippen LogP contribution in [0.5, 0.6) is 5.75 Å². The van der Waals surface area contributed by atoms with Gasteiger partial charge in [0, 0.05) is 24.0 Å². The monoisotopic (exact) mass is 470 g/mol. The second-order valence-electron chi connectivity index (χ2n) is 7.79. The molecule has 0 saturated carbocycles. The van der Waals surface area contributed by atoms with Gasteiger partial charge in [0.05, 0.1) is 23.7 Å². The lowest BCUT2D eigenvalue weighted by Crippen LogP contribution is -2.31. The Morgan fingerprint density at radius 3 is 2.66 bits per heavy atom. The largest absolute Gasteiger partial charge is 0.495 e. The molecule has 6 nitrogen and oxygen atoms in total. The number of rotatable bonds is 6. The third-order valence-corrected chi connectivity index (χ3v) is 8.65. The number of nitrogens with zero attached hydrogens (tertiary/aromatic N) is 2. The van der Waals surface area contributed by atoms with E-state index in [1.54, 1.807) is 47.7 Å². The van der Waals surface area contributed by atoms with E-state index in [-0.39, 0.29) is 16.8 Å². The van der Waals surface area contributed by atoms with Gasteiger partial charge in [-0.25, -0.2) is 8.42 Å². The maximum absolute atomic E-state index is 13.5. The number of benzene rings is 2. The van der Waals surface area contributed by atoms with Crippen molar-refractivity contribution in [2.75, 3.05) is 25.0 Å². The van der Waals surface area contributed by atoms with E-state index in [4.69, 9.17) is 4.74 Å². The highest BCUT2D eigenvalue weighted by molar-refractivity contribution is 7.92. The Kier molecular flexibility index (Phi) is 6.26. The third kappa shape index (κ3) is 4.00. The lowest BCUT2D eigenvalue weighted by molar-refractivity contribution is 0.0737. The summed E-state index contributed by atoms with van der Waals surface area (Å²) in [5.41, 5.74) is 1.61. The van der Waals surface area contributed by atoms with Gasteiger partial charge in [-0.05, 0) is 61.0 Å². The SMILES string of the molecule is COc1ccccc1N(C)S(=O)(=O)c1ccc(C)c(C(=O)N2CCC[C@H]2c2cccs2)c1. The predicted octanol–water partition coefficient (Wildman–Crippen LogP) is 4.87. The number of ether oxygens (including phenoxy) is 1. The molecule has 1 aliphatic rings. The molecule has 1 saturated heterocycles. The molecule has 1 amide bonds. The minimum absolute atomic E-state index is 0.0402. The molecule has 1 aliphatic heterocycles. The number of hydrogen-bond donors (Lipinski definition) is 0. The van der Waals surface area contributed by atoms with Crippen LogP contribution in [0.25, 0.3) is 0 Å². The zero-order chi connectivity index (χ0) is 22.9. The fourth-order valence-electron chi connectivity index (χ4n) is 4.11. The Hall–Kier alpha value is -2.84. The van der Waals surface area contributed by atoms with Gasteiger partial charge < -0.3 is 9.64 Å². The molecule has 2 heterocycles. The normalized spacial score (nSPS) is 16.2. The van der Waals surface area contributed by atoms with Crippen LogP contribution in [-0.2, 0) is 10.0 Å². The molecule has 1 aromatic heterocycles. The molecule has 3 aromatic rings. The van der Waals surface area contributed by atoms with Crippen molar-refractivity contribution in [3.63, 3.8) is 0 Å². The first-order valence-corrected chi connectivity index (χ1v) is 12.7. The number of thiophene rings is 1. The highest BCUT2D eigenvalue weighted by Gasteiger charge is 2.33. The lowest BCUT2D eigenvalue weighted by Gasteiger charge is -2.25. The molecule has 0 unspecified atom stereocenters. The standard InChI is InChI=1S/C24H26N2O4S2/c1-17-12-13-18(32(28,29)25(2)20-8-4-5-10-22(20)30-3)16-19(17)24(27)26-14-6-9-21(26)23-11-7-15-31-23/h4-5,7-8,10-13,15-16,21H,6,9,14H2,1-3H3/t21-/m0/s1. The van der Waals surface area contributed by atoms with Gasteiger partial charge in [-0.3, -0.25) is 9.10 Å². The summed E-state index contributed by atoms with van der Waals surface area (Å²) in [6.07, 6.45) is 1.85. The number of methoxy groups -OCH3 is 1. The number of hydrogen-bond acceptors (Lipinski definition) is 5. The molecule has 0 bridgehead atoms. The summed E-state index contributed by atoms with van der Waals surface area (Å²) >= 11 is 1.64. The number of amides is 1. The minimum atomic E-state index is -3.89. The van der Waals surface area contributed by atoms with Gasteiger partial charge in [-0.15, -0.1) is 11.3 Å². The Labute approximate surface area is 193 Å². The van der Waals surface area contributed by atoms with Gasteiger partial charge in [0.15, 0.2) is 0 Å². The van der Waals surface area contributed by atoms with Crippen LogP contribution < -0.4 is 9.04 Å². The first kappa shape index (κ1) is 22.4. The number of carbonyl (C=O) groups excluding carboxylic acids is 1. The van der Waals surface area contributed by atoms with Gasteiger partial charge in [0.1, 0.15) is 5.75 Å². The molecule has 8 heteroatoms. The van der Waals surface area contributed by atoms with Crippen molar-refractivity contribution in [1.29, 1.82) is 0 Å². The van der Waals surface area contributed by atoms with Crippen LogP contribution in [0, 0.1) is 6.92 Å². The summed E-state index contributed by atoms with van der Waals surface area (Å²) in [5, 5.41) is 2.02. The fourth-order valence-corrected chi connectivity index (χ4v) is 6.22. The van der Waals surface area contributed by atoms with E-state index >= 15 is 0 Å². The summed E-state index contributed by atoms with van der Waals surface area (Å²) < 4.78 is 33.3. The summed E-state index contributed by atoms with van der Waals surface area (Å²) in [7, 11) is -0.903. The predicted molar refractivity (Wildman–Crippen MR) is 127 cm³/mol. The van der Waals surface area contributed by atoms with Crippen LogP contribution in [0.2, 0.25) is 0 Å². The highest BCUT2D eigenvalue weighted by atomic mass is 32.2. The first-order chi connectivity index (χ1) is 15.3. The molecule has 1 atom stereocenters. The third-order valence-electron chi connectivity index (χ3n) is 5.91. The van der Waals surface area contributed by atoms with Gasteiger partial charge >= 0.3 is 0 Å². The first-order valence-electron chi connectivity index (χ1n) is 10.4. The van der Waals surface area contributed by atoms with E-state index in [9.17, 15) is 13.2 Å². The van der Waals surface area contributed by atoms with Crippen LogP contribution in [0.4, 0.5) is 5.69 Å². The van der Waals surface area contributed by atoms with Gasteiger partial charge in [-0.2, -0.15) is 0 Å². The minimum Gasteiger partial charge on any atom is -0.495 e. The summed E-state index contributed by atoms with van der Waals surface area (Å²) in [4.78, 5) is 16.6. The summed E-state index contributed by atoms with van der Waals surface area (Å²) in [6, 6.07) is 15.8. The Balaban J connectivity index is 1.68. The van der Waals surface area contributed by atoms with Crippen molar-refractivity contribution in [2.24, 2.45) is 0 Å². The van der Waals surface area contributed by atoms with Gasteiger partial charge in [-0.1, -0.05) is 24.3 Å². The number of carbonyl (C=O) groups is 1. The topological polar surface area (TPSA) is 66.9 Å². The smallest absolute Gasteiger partial charge is 0.264 e. The van der Waals surface area contributed by atoms with Crippen molar-refractivity contribution in [3.05, 3.63) is 76.0 Å². The maximum atomic E-state index is 13.5. The molecule has 0 spiro atoms.